The van der Waals surface area contributed by atoms with Gasteiger partial charge in [-0.15, -0.1) is 11.3 Å². The Hall–Kier alpha value is -1.88. The number of carboxylic acids is 1. The predicted octanol–water partition coefficient (Wildman–Crippen LogP) is 3.75. The smallest absolute Gasteiger partial charge is 0.335 e. The monoisotopic (exact) mass is 290 g/mol. The summed E-state index contributed by atoms with van der Waals surface area (Å²) in [5, 5.41) is 13.2. The van der Waals surface area contributed by atoms with Gasteiger partial charge < -0.3 is 10.4 Å². The molecular weight excluding hydrogens is 272 g/mol. The summed E-state index contributed by atoms with van der Waals surface area (Å²) in [4.78, 5) is 16.4. The Morgan fingerprint density at radius 3 is 2.45 bits per heavy atom. The fourth-order valence-electron chi connectivity index (χ4n) is 1.66. The van der Waals surface area contributed by atoms with E-state index in [0.29, 0.717) is 12.1 Å². The van der Waals surface area contributed by atoms with Gasteiger partial charge in [-0.3, -0.25) is 0 Å². The molecule has 0 amide bonds. The van der Waals surface area contributed by atoms with E-state index < -0.39 is 5.97 Å². The Kier molecular flexibility index (Phi) is 4.09. The van der Waals surface area contributed by atoms with Gasteiger partial charge in [-0.25, -0.2) is 9.78 Å². The van der Waals surface area contributed by atoms with Gasteiger partial charge in [0.15, 0.2) is 0 Å². The fourth-order valence-corrected chi connectivity index (χ4v) is 2.57. The highest BCUT2D eigenvalue weighted by atomic mass is 32.1. The van der Waals surface area contributed by atoms with Crippen LogP contribution in [0.3, 0.4) is 0 Å². The van der Waals surface area contributed by atoms with E-state index in [0.717, 1.165) is 15.6 Å². The van der Waals surface area contributed by atoms with Crippen molar-refractivity contribution >= 4 is 23.0 Å². The van der Waals surface area contributed by atoms with Crippen molar-refractivity contribution < 1.29 is 9.90 Å². The molecule has 0 spiro atoms. The Bertz CT molecular complexity index is 597. The molecule has 0 unspecified atom stereocenters. The van der Waals surface area contributed by atoms with E-state index in [1.165, 1.54) is 0 Å². The topological polar surface area (TPSA) is 62.2 Å². The first-order chi connectivity index (χ1) is 9.36. The molecule has 4 nitrogen and oxygen atoms in total. The standard InChI is InChI=1S/C15H18N2O2S/c1-15(2,3)14-17-9-12(20-14)8-16-11-6-4-10(5-7-11)13(18)19/h4-7,9,16H,8H2,1-3H3,(H,18,19). The number of rotatable bonds is 4. The third-order valence-electron chi connectivity index (χ3n) is 2.79. The summed E-state index contributed by atoms with van der Waals surface area (Å²) >= 11 is 1.70. The van der Waals surface area contributed by atoms with Gasteiger partial charge in [0.2, 0.25) is 0 Å². The first-order valence-electron chi connectivity index (χ1n) is 6.38. The first-order valence-corrected chi connectivity index (χ1v) is 7.20. The molecule has 0 aliphatic rings. The lowest BCUT2D eigenvalue weighted by molar-refractivity contribution is 0.0697. The largest absolute Gasteiger partial charge is 0.478 e. The zero-order valence-electron chi connectivity index (χ0n) is 11.8. The van der Waals surface area contributed by atoms with E-state index in [1.807, 2.05) is 6.20 Å². The number of aromatic carboxylic acids is 1. The van der Waals surface area contributed by atoms with Crippen molar-refractivity contribution in [2.75, 3.05) is 5.32 Å². The highest BCUT2D eigenvalue weighted by Gasteiger charge is 2.17. The van der Waals surface area contributed by atoms with Crippen molar-refractivity contribution in [2.24, 2.45) is 0 Å². The number of hydrogen-bond acceptors (Lipinski definition) is 4. The minimum atomic E-state index is -0.908. The summed E-state index contributed by atoms with van der Waals surface area (Å²) < 4.78 is 0. The van der Waals surface area contributed by atoms with Crippen LogP contribution in [0.15, 0.2) is 30.5 Å². The quantitative estimate of drug-likeness (QED) is 0.900. The molecule has 0 atom stereocenters. The van der Waals surface area contributed by atoms with Gasteiger partial charge in [0.25, 0.3) is 0 Å². The zero-order valence-corrected chi connectivity index (χ0v) is 12.6. The van der Waals surface area contributed by atoms with Crippen LogP contribution in [0, 0.1) is 0 Å². The number of thiazole rings is 1. The molecule has 1 heterocycles. The number of nitrogens with zero attached hydrogens (tertiary/aromatic N) is 1. The van der Waals surface area contributed by atoms with Crippen LogP contribution in [0.25, 0.3) is 0 Å². The Morgan fingerprint density at radius 1 is 1.30 bits per heavy atom. The highest BCUT2D eigenvalue weighted by molar-refractivity contribution is 7.11. The lowest BCUT2D eigenvalue weighted by Gasteiger charge is -2.13. The van der Waals surface area contributed by atoms with E-state index >= 15 is 0 Å². The molecule has 0 saturated heterocycles. The molecule has 0 bridgehead atoms. The summed E-state index contributed by atoms with van der Waals surface area (Å²) in [6, 6.07) is 6.74. The van der Waals surface area contributed by atoms with E-state index in [1.54, 1.807) is 35.6 Å². The number of nitrogens with one attached hydrogen (secondary N) is 1. The van der Waals surface area contributed by atoms with Crippen molar-refractivity contribution in [3.63, 3.8) is 0 Å². The SMILES string of the molecule is CC(C)(C)c1ncc(CNc2ccc(C(=O)O)cc2)s1. The van der Waals surface area contributed by atoms with Crippen LogP contribution in [-0.4, -0.2) is 16.1 Å². The molecule has 5 heteroatoms. The first kappa shape index (κ1) is 14.5. The lowest BCUT2D eigenvalue weighted by atomic mass is 9.98. The van der Waals surface area contributed by atoms with Gasteiger partial charge in [0, 0.05) is 22.2 Å². The second kappa shape index (κ2) is 5.63. The maximum atomic E-state index is 10.8. The molecule has 0 aliphatic heterocycles. The highest BCUT2D eigenvalue weighted by Crippen LogP contribution is 2.27. The Balaban J connectivity index is 1.98. The van der Waals surface area contributed by atoms with E-state index in [4.69, 9.17) is 5.11 Å². The van der Waals surface area contributed by atoms with Crippen molar-refractivity contribution in [2.45, 2.75) is 32.7 Å². The van der Waals surface area contributed by atoms with Gasteiger partial charge in [-0.1, -0.05) is 20.8 Å². The third-order valence-corrected chi connectivity index (χ3v) is 4.22. The molecule has 0 saturated carbocycles. The van der Waals surface area contributed by atoms with Crippen LogP contribution in [0.1, 0.15) is 41.0 Å². The molecule has 0 radical (unpaired) electrons. The maximum absolute atomic E-state index is 10.8. The number of anilines is 1. The summed E-state index contributed by atoms with van der Waals surface area (Å²) in [6.45, 7) is 7.13. The van der Waals surface area contributed by atoms with Crippen LogP contribution >= 0.6 is 11.3 Å². The molecule has 0 fully saturated rings. The normalized spacial score (nSPS) is 11.3. The second-order valence-electron chi connectivity index (χ2n) is 5.62. The van der Waals surface area contributed by atoms with E-state index in [-0.39, 0.29) is 5.41 Å². The van der Waals surface area contributed by atoms with E-state index in [9.17, 15) is 4.79 Å². The number of carboxylic acid groups (broad SMARTS) is 1. The van der Waals surface area contributed by atoms with Gasteiger partial charge in [0.05, 0.1) is 17.1 Å². The van der Waals surface area contributed by atoms with Crippen LogP contribution in [0.2, 0.25) is 0 Å². The fraction of sp³-hybridized carbons (Fsp3) is 0.333. The van der Waals surface area contributed by atoms with Crippen molar-refractivity contribution in [1.82, 2.24) is 4.98 Å². The van der Waals surface area contributed by atoms with Crippen LogP contribution < -0.4 is 5.32 Å². The number of benzene rings is 1. The Morgan fingerprint density at radius 2 is 1.95 bits per heavy atom. The minimum Gasteiger partial charge on any atom is -0.478 e. The predicted molar refractivity (Wildman–Crippen MR) is 81.5 cm³/mol. The number of carbonyl (C=O) groups is 1. The lowest BCUT2D eigenvalue weighted by Crippen LogP contribution is -2.09. The van der Waals surface area contributed by atoms with Crippen molar-refractivity contribution in [3.05, 3.63) is 45.9 Å². The van der Waals surface area contributed by atoms with Crippen LogP contribution in [0.5, 0.6) is 0 Å². The van der Waals surface area contributed by atoms with Crippen molar-refractivity contribution in [3.8, 4) is 0 Å². The van der Waals surface area contributed by atoms with Crippen LogP contribution in [0.4, 0.5) is 5.69 Å². The zero-order chi connectivity index (χ0) is 14.8. The summed E-state index contributed by atoms with van der Waals surface area (Å²) in [7, 11) is 0. The van der Waals surface area contributed by atoms with Gasteiger partial charge in [-0.2, -0.15) is 0 Å². The molecule has 0 aliphatic carbocycles. The average molecular weight is 290 g/mol. The summed E-state index contributed by atoms with van der Waals surface area (Å²) in [5.41, 5.74) is 1.27. The average Bonchev–Trinajstić information content (AvgIpc) is 2.85. The van der Waals surface area contributed by atoms with Gasteiger partial charge >= 0.3 is 5.97 Å². The third kappa shape index (κ3) is 3.57. The Labute approximate surface area is 122 Å². The summed E-state index contributed by atoms with van der Waals surface area (Å²) in [6.07, 6.45) is 1.89. The molecule has 1 aromatic carbocycles. The number of hydrogen-bond donors (Lipinski definition) is 2. The molecular formula is C15H18N2O2S. The van der Waals surface area contributed by atoms with Crippen LogP contribution in [-0.2, 0) is 12.0 Å². The minimum absolute atomic E-state index is 0.0754. The van der Waals surface area contributed by atoms with Gasteiger partial charge in [0.1, 0.15) is 0 Å². The van der Waals surface area contributed by atoms with E-state index in [2.05, 4.69) is 31.1 Å². The molecule has 1 aromatic heterocycles. The van der Waals surface area contributed by atoms with Crippen molar-refractivity contribution in [1.29, 1.82) is 0 Å². The molecule has 2 rings (SSSR count). The molecule has 2 aromatic rings. The summed E-state index contributed by atoms with van der Waals surface area (Å²) in [5.74, 6) is -0.908. The molecule has 2 N–H and O–H groups in total. The number of aromatic nitrogens is 1. The second-order valence-corrected chi connectivity index (χ2v) is 6.73. The molecule has 106 valence electrons. The maximum Gasteiger partial charge on any atom is 0.335 e. The van der Waals surface area contributed by atoms with Gasteiger partial charge in [-0.05, 0) is 24.3 Å². The molecule has 20 heavy (non-hydrogen) atoms.